The van der Waals surface area contributed by atoms with E-state index in [1.807, 2.05) is 24.3 Å². The summed E-state index contributed by atoms with van der Waals surface area (Å²) in [6.45, 7) is 0.322. The second-order valence-electron chi connectivity index (χ2n) is 9.02. The molecule has 1 atom stereocenters. The van der Waals surface area contributed by atoms with Crippen LogP contribution in [0.1, 0.15) is 12.0 Å². The van der Waals surface area contributed by atoms with E-state index in [9.17, 15) is 18.0 Å². The number of ether oxygens (including phenoxy) is 2. The van der Waals surface area contributed by atoms with Crippen molar-refractivity contribution < 1.29 is 27.5 Å². The topological polar surface area (TPSA) is 118 Å². The Balaban J connectivity index is 1.43. The SMILES string of the molecule is CN(C)S(=O)(=O)c1cccc(N=C2S[C@H](CC(=O)Nc3ccccc3)C(=O)N2Cc2ccc3c(c2)OCO3)c1. The molecule has 0 radical (unpaired) electrons. The Hall–Kier alpha value is -3.87. The van der Waals surface area contributed by atoms with Crippen LogP contribution < -0.4 is 14.8 Å². The summed E-state index contributed by atoms with van der Waals surface area (Å²) in [6.07, 6.45) is -0.0515. The van der Waals surface area contributed by atoms with Crippen LogP contribution in [0.2, 0.25) is 0 Å². The van der Waals surface area contributed by atoms with Gasteiger partial charge in [0.15, 0.2) is 16.7 Å². The lowest BCUT2D eigenvalue weighted by Crippen LogP contribution is -2.33. The molecule has 10 nitrogen and oxygen atoms in total. The Morgan fingerprint density at radius 3 is 2.59 bits per heavy atom. The van der Waals surface area contributed by atoms with Gasteiger partial charge in [0.25, 0.3) is 0 Å². The number of aliphatic imine (C=N–C) groups is 1. The highest BCUT2D eigenvalue weighted by Crippen LogP contribution is 2.36. The lowest BCUT2D eigenvalue weighted by Gasteiger charge is -2.17. The van der Waals surface area contributed by atoms with E-state index in [0.717, 1.165) is 9.87 Å². The Labute approximate surface area is 230 Å². The van der Waals surface area contributed by atoms with E-state index in [1.54, 1.807) is 36.4 Å². The van der Waals surface area contributed by atoms with Crippen molar-refractivity contribution in [3.05, 3.63) is 78.4 Å². The Morgan fingerprint density at radius 2 is 1.82 bits per heavy atom. The fraction of sp³-hybridized carbons (Fsp3) is 0.222. The number of benzene rings is 3. The zero-order chi connectivity index (χ0) is 27.6. The largest absolute Gasteiger partial charge is 0.454 e. The summed E-state index contributed by atoms with van der Waals surface area (Å²) >= 11 is 1.17. The maximum atomic E-state index is 13.5. The summed E-state index contributed by atoms with van der Waals surface area (Å²) in [4.78, 5) is 32.5. The summed E-state index contributed by atoms with van der Waals surface area (Å²) in [7, 11) is -0.758. The first kappa shape index (κ1) is 26.7. The zero-order valence-corrected chi connectivity index (χ0v) is 22.9. The fourth-order valence-electron chi connectivity index (χ4n) is 4.03. The van der Waals surface area contributed by atoms with Crippen LogP contribution in [-0.4, -0.2) is 60.7 Å². The van der Waals surface area contributed by atoms with E-state index in [1.165, 1.54) is 42.9 Å². The van der Waals surface area contributed by atoms with Crippen LogP contribution in [0.3, 0.4) is 0 Å². The van der Waals surface area contributed by atoms with Gasteiger partial charge in [-0.15, -0.1) is 0 Å². The number of sulfonamides is 1. The molecule has 3 aromatic carbocycles. The third-order valence-electron chi connectivity index (χ3n) is 6.05. The highest BCUT2D eigenvalue weighted by Gasteiger charge is 2.39. The van der Waals surface area contributed by atoms with Crippen molar-refractivity contribution in [2.45, 2.75) is 23.1 Å². The van der Waals surface area contributed by atoms with E-state index in [0.29, 0.717) is 28.0 Å². The predicted octanol–water partition coefficient (Wildman–Crippen LogP) is 3.83. The number of amides is 2. The Bertz CT molecular complexity index is 1540. The van der Waals surface area contributed by atoms with Gasteiger partial charge in [-0.1, -0.05) is 42.1 Å². The molecular weight excluding hydrogens is 540 g/mol. The van der Waals surface area contributed by atoms with Gasteiger partial charge in [-0.05, 0) is 48.0 Å². The molecule has 39 heavy (non-hydrogen) atoms. The first-order valence-corrected chi connectivity index (χ1v) is 14.4. The number of hydrogen-bond donors (Lipinski definition) is 1. The second-order valence-corrected chi connectivity index (χ2v) is 12.3. The number of anilines is 1. The van der Waals surface area contributed by atoms with Crippen molar-refractivity contribution in [2.24, 2.45) is 4.99 Å². The summed E-state index contributed by atoms with van der Waals surface area (Å²) in [6, 6.07) is 20.7. The van der Waals surface area contributed by atoms with E-state index < -0.39 is 15.3 Å². The molecule has 0 unspecified atom stereocenters. The molecule has 2 aliphatic rings. The molecular formula is C27H26N4O6S2. The Kier molecular flexibility index (Phi) is 7.60. The maximum absolute atomic E-state index is 13.5. The van der Waals surface area contributed by atoms with Gasteiger partial charge >= 0.3 is 0 Å². The number of nitrogens with one attached hydrogen (secondary N) is 1. The van der Waals surface area contributed by atoms with Crippen LogP contribution in [0.15, 0.2) is 82.7 Å². The van der Waals surface area contributed by atoms with Crippen LogP contribution >= 0.6 is 11.8 Å². The molecule has 202 valence electrons. The maximum Gasteiger partial charge on any atom is 0.242 e. The van der Waals surface area contributed by atoms with Crippen LogP contribution in [-0.2, 0) is 26.2 Å². The van der Waals surface area contributed by atoms with Gasteiger partial charge in [0.1, 0.15) is 5.25 Å². The monoisotopic (exact) mass is 566 g/mol. The van der Waals surface area contributed by atoms with Crippen molar-refractivity contribution >= 4 is 50.1 Å². The third kappa shape index (κ3) is 5.92. The van der Waals surface area contributed by atoms with Crippen molar-refractivity contribution in [3.8, 4) is 11.5 Å². The van der Waals surface area contributed by atoms with Crippen molar-refractivity contribution in [3.63, 3.8) is 0 Å². The van der Waals surface area contributed by atoms with E-state index in [2.05, 4.69) is 10.3 Å². The average Bonchev–Trinajstić information content (AvgIpc) is 3.49. The molecule has 0 saturated carbocycles. The van der Waals surface area contributed by atoms with Gasteiger partial charge in [-0.3, -0.25) is 14.5 Å². The summed E-state index contributed by atoms with van der Waals surface area (Å²) in [5.74, 6) is 0.655. The molecule has 1 N–H and O–H groups in total. The minimum atomic E-state index is -3.67. The van der Waals surface area contributed by atoms with Crippen molar-refractivity contribution in [1.29, 1.82) is 0 Å². The molecule has 0 bridgehead atoms. The number of hydrogen-bond acceptors (Lipinski definition) is 8. The number of amidine groups is 1. The van der Waals surface area contributed by atoms with Crippen LogP contribution in [0.25, 0.3) is 0 Å². The second kappa shape index (κ2) is 11.1. The lowest BCUT2D eigenvalue weighted by atomic mass is 10.1. The highest BCUT2D eigenvalue weighted by atomic mass is 32.2. The standard InChI is InChI=1S/C27H26N4O6S2/c1-30(2)39(34,35)21-10-6-9-20(14-21)29-27-31(16-18-11-12-22-23(13-18)37-17-36-22)26(33)24(38-27)15-25(32)28-19-7-4-3-5-8-19/h3-14,24H,15-17H2,1-2H3,(H,28,32)/t24-/m1/s1. The fourth-order valence-corrected chi connectivity index (χ4v) is 6.13. The molecule has 0 aliphatic carbocycles. The van der Waals surface area contributed by atoms with Gasteiger partial charge in [0.2, 0.25) is 28.6 Å². The quantitative estimate of drug-likeness (QED) is 0.440. The normalized spacial score (nSPS) is 17.7. The molecule has 0 aromatic heterocycles. The molecule has 5 rings (SSSR count). The average molecular weight is 567 g/mol. The van der Waals surface area contributed by atoms with Crippen LogP contribution in [0.5, 0.6) is 11.5 Å². The van der Waals surface area contributed by atoms with E-state index in [-0.39, 0.29) is 36.5 Å². The molecule has 3 aromatic rings. The first-order chi connectivity index (χ1) is 18.7. The van der Waals surface area contributed by atoms with Gasteiger partial charge in [-0.2, -0.15) is 0 Å². The van der Waals surface area contributed by atoms with Gasteiger partial charge in [0.05, 0.1) is 17.1 Å². The van der Waals surface area contributed by atoms with Gasteiger partial charge in [0, 0.05) is 26.2 Å². The highest BCUT2D eigenvalue weighted by molar-refractivity contribution is 8.15. The molecule has 2 aliphatic heterocycles. The number of para-hydroxylation sites is 1. The third-order valence-corrected chi connectivity index (χ3v) is 9.03. The van der Waals surface area contributed by atoms with Gasteiger partial charge < -0.3 is 14.8 Å². The first-order valence-electron chi connectivity index (χ1n) is 12.0. The minimum Gasteiger partial charge on any atom is -0.454 e. The minimum absolute atomic E-state index is 0.0515. The number of carbonyl (C=O) groups is 2. The number of thioether (sulfide) groups is 1. The Morgan fingerprint density at radius 1 is 1.05 bits per heavy atom. The van der Waals surface area contributed by atoms with Gasteiger partial charge in [-0.25, -0.2) is 17.7 Å². The molecule has 1 saturated heterocycles. The van der Waals surface area contributed by atoms with Crippen molar-refractivity contribution in [2.75, 3.05) is 26.2 Å². The molecule has 2 amide bonds. The van der Waals surface area contributed by atoms with Crippen LogP contribution in [0, 0.1) is 0 Å². The summed E-state index contributed by atoms with van der Waals surface area (Å²) < 4.78 is 37.3. The van der Waals surface area contributed by atoms with E-state index >= 15 is 0 Å². The predicted molar refractivity (Wildman–Crippen MR) is 149 cm³/mol. The molecule has 1 fully saturated rings. The number of nitrogens with zero attached hydrogens (tertiary/aromatic N) is 3. The summed E-state index contributed by atoms with van der Waals surface area (Å²) in [5.41, 5.74) is 1.81. The van der Waals surface area contributed by atoms with E-state index in [4.69, 9.17) is 9.47 Å². The number of fused-ring (bicyclic) bond motifs is 1. The zero-order valence-electron chi connectivity index (χ0n) is 21.2. The molecule has 0 spiro atoms. The van der Waals surface area contributed by atoms with Crippen LogP contribution in [0.4, 0.5) is 11.4 Å². The molecule has 12 heteroatoms. The summed E-state index contributed by atoms with van der Waals surface area (Å²) in [5, 5.41) is 2.49. The lowest BCUT2D eigenvalue weighted by molar-refractivity contribution is -0.128. The van der Waals surface area contributed by atoms with Crippen molar-refractivity contribution in [1.82, 2.24) is 9.21 Å². The number of rotatable bonds is 8. The molecule has 2 heterocycles. The number of carbonyl (C=O) groups excluding carboxylic acids is 2. The smallest absolute Gasteiger partial charge is 0.242 e.